The summed E-state index contributed by atoms with van der Waals surface area (Å²) in [6.45, 7) is 6.46. The second kappa shape index (κ2) is 8.72. The number of hydrogen-bond acceptors (Lipinski definition) is 5. The summed E-state index contributed by atoms with van der Waals surface area (Å²) < 4.78 is 32.5. The lowest BCUT2D eigenvalue weighted by molar-refractivity contribution is -0.144. The summed E-state index contributed by atoms with van der Waals surface area (Å²) in [6, 6.07) is 9.63. The van der Waals surface area contributed by atoms with Crippen LogP contribution in [0.5, 0.6) is 0 Å². The van der Waals surface area contributed by atoms with Gasteiger partial charge in [0.15, 0.2) is 0 Å². The Morgan fingerprint density at radius 1 is 1.00 bits per heavy atom. The lowest BCUT2D eigenvalue weighted by Crippen LogP contribution is -2.65. The average Bonchev–Trinajstić information content (AvgIpc) is 2.78. The van der Waals surface area contributed by atoms with E-state index in [0.29, 0.717) is 52.2 Å². The van der Waals surface area contributed by atoms with Crippen LogP contribution in [0.4, 0.5) is 0 Å². The van der Waals surface area contributed by atoms with Crippen molar-refractivity contribution in [3.63, 3.8) is 0 Å². The summed E-state index contributed by atoms with van der Waals surface area (Å²) in [4.78, 5) is 29.1. The minimum atomic E-state index is -3.43. The van der Waals surface area contributed by atoms with E-state index in [2.05, 4.69) is 6.58 Å². The van der Waals surface area contributed by atoms with E-state index < -0.39 is 20.7 Å². The maximum atomic E-state index is 13.7. The molecule has 1 aromatic carbocycles. The Kier molecular flexibility index (Phi) is 6.18. The Morgan fingerprint density at radius 3 is 2.19 bits per heavy atom. The first kappa shape index (κ1) is 22.0. The zero-order valence-electron chi connectivity index (χ0n) is 17.6. The third-order valence-corrected chi connectivity index (χ3v) is 8.95. The van der Waals surface area contributed by atoms with Crippen LogP contribution in [0.25, 0.3) is 0 Å². The zero-order valence-corrected chi connectivity index (χ0v) is 18.4. The average molecular weight is 448 g/mol. The Balaban J connectivity index is 1.49. The Labute approximate surface area is 183 Å². The summed E-state index contributed by atoms with van der Waals surface area (Å²) >= 11 is 0. The van der Waals surface area contributed by atoms with Gasteiger partial charge in [0.25, 0.3) is 0 Å². The second-order valence-corrected chi connectivity index (χ2v) is 10.6. The number of sulfonamides is 1. The quantitative estimate of drug-likeness (QED) is 0.617. The molecule has 0 N–H and O–H groups in total. The highest BCUT2D eigenvalue weighted by atomic mass is 32.2. The van der Waals surface area contributed by atoms with E-state index in [1.54, 1.807) is 9.80 Å². The number of morpholine rings is 1. The molecule has 0 saturated carbocycles. The molecular formula is C22H29N3O5S. The van der Waals surface area contributed by atoms with Crippen LogP contribution in [0.1, 0.15) is 18.4 Å². The highest BCUT2D eigenvalue weighted by molar-refractivity contribution is 7.89. The highest BCUT2D eigenvalue weighted by Gasteiger charge is 2.51. The Hall–Kier alpha value is -2.23. The van der Waals surface area contributed by atoms with E-state index >= 15 is 0 Å². The van der Waals surface area contributed by atoms with Crippen LogP contribution in [0, 0.1) is 0 Å². The number of benzene rings is 1. The van der Waals surface area contributed by atoms with Crippen LogP contribution in [0.2, 0.25) is 0 Å². The minimum absolute atomic E-state index is 0.0437. The fourth-order valence-electron chi connectivity index (χ4n) is 4.73. The molecule has 31 heavy (non-hydrogen) atoms. The van der Waals surface area contributed by atoms with Crippen molar-refractivity contribution in [2.45, 2.75) is 23.5 Å². The van der Waals surface area contributed by atoms with Crippen molar-refractivity contribution in [1.82, 2.24) is 14.1 Å². The van der Waals surface area contributed by atoms with E-state index in [4.69, 9.17) is 4.74 Å². The molecule has 4 rings (SSSR count). The van der Waals surface area contributed by atoms with E-state index in [0.717, 1.165) is 5.56 Å². The molecule has 0 aliphatic carbocycles. The van der Waals surface area contributed by atoms with E-state index in [-0.39, 0.29) is 24.9 Å². The summed E-state index contributed by atoms with van der Waals surface area (Å²) in [5, 5.41) is -0.565. The fraction of sp³-hybridized carbons (Fsp3) is 0.545. The molecule has 9 heteroatoms. The number of carbonyl (C=O) groups is 2. The van der Waals surface area contributed by atoms with Crippen molar-refractivity contribution >= 4 is 21.8 Å². The summed E-state index contributed by atoms with van der Waals surface area (Å²) in [6.07, 6.45) is 2.31. The monoisotopic (exact) mass is 447 g/mol. The molecule has 0 atom stereocenters. The smallest absolute Gasteiger partial charge is 0.245 e. The molecule has 2 amide bonds. The van der Waals surface area contributed by atoms with Crippen LogP contribution in [0.15, 0.2) is 43.0 Å². The lowest BCUT2D eigenvalue weighted by atomic mass is 9.71. The third-order valence-electron chi connectivity index (χ3n) is 6.73. The minimum Gasteiger partial charge on any atom is -0.379 e. The number of nitrogens with zero attached hydrogens (tertiary/aromatic N) is 3. The fourth-order valence-corrected chi connectivity index (χ4v) is 6.54. The molecule has 3 heterocycles. The van der Waals surface area contributed by atoms with Gasteiger partial charge in [0.1, 0.15) is 5.25 Å². The van der Waals surface area contributed by atoms with Gasteiger partial charge < -0.3 is 14.5 Å². The highest BCUT2D eigenvalue weighted by Crippen LogP contribution is 2.39. The maximum Gasteiger partial charge on any atom is 0.245 e. The molecule has 3 aliphatic rings. The van der Waals surface area contributed by atoms with Gasteiger partial charge in [-0.3, -0.25) is 9.59 Å². The molecule has 8 nitrogen and oxygen atoms in total. The standard InChI is InChI=1S/C22H29N3O5S/c1-2-20(26)23-10-8-22(9-11-23,18-6-4-3-5-7-18)21(27)24-16-19(17-24)31(28,29)25-12-14-30-15-13-25/h2-7,19H,1,8-17H2. The number of piperidine rings is 1. The number of hydrogen-bond donors (Lipinski definition) is 0. The van der Waals surface area contributed by atoms with E-state index in [1.807, 2.05) is 30.3 Å². The van der Waals surface area contributed by atoms with Crippen molar-refractivity contribution in [1.29, 1.82) is 0 Å². The van der Waals surface area contributed by atoms with E-state index in [9.17, 15) is 18.0 Å². The predicted molar refractivity (Wildman–Crippen MR) is 116 cm³/mol. The van der Waals surface area contributed by atoms with Crippen LogP contribution in [-0.2, 0) is 29.8 Å². The van der Waals surface area contributed by atoms with Gasteiger partial charge in [-0.1, -0.05) is 36.9 Å². The van der Waals surface area contributed by atoms with Gasteiger partial charge in [0, 0.05) is 39.3 Å². The van der Waals surface area contributed by atoms with Crippen molar-refractivity contribution in [2.75, 3.05) is 52.5 Å². The van der Waals surface area contributed by atoms with Crippen molar-refractivity contribution in [3.8, 4) is 0 Å². The topological polar surface area (TPSA) is 87.2 Å². The molecule has 3 fully saturated rings. The van der Waals surface area contributed by atoms with Crippen LogP contribution < -0.4 is 0 Å². The molecular weight excluding hydrogens is 418 g/mol. The van der Waals surface area contributed by atoms with Gasteiger partial charge in [-0.05, 0) is 24.5 Å². The van der Waals surface area contributed by atoms with Crippen molar-refractivity contribution in [2.24, 2.45) is 0 Å². The number of amides is 2. The van der Waals surface area contributed by atoms with Crippen molar-refractivity contribution in [3.05, 3.63) is 48.6 Å². The number of likely N-dealkylation sites (tertiary alicyclic amines) is 2. The first-order chi connectivity index (χ1) is 14.9. The van der Waals surface area contributed by atoms with Crippen LogP contribution in [0.3, 0.4) is 0 Å². The van der Waals surface area contributed by atoms with Crippen LogP contribution >= 0.6 is 0 Å². The van der Waals surface area contributed by atoms with Gasteiger partial charge >= 0.3 is 0 Å². The second-order valence-electron chi connectivity index (χ2n) is 8.37. The third kappa shape index (κ3) is 4.02. The summed E-state index contributed by atoms with van der Waals surface area (Å²) in [7, 11) is -3.43. The number of rotatable bonds is 5. The van der Waals surface area contributed by atoms with Gasteiger partial charge in [0.05, 0.1) is 18.6 Å². The maximum absolute atomic E-state index is 13.7. The SMILES string of the molecule is C=CC(=O)N1CCC(C(=O)N2CC(S(=O)(=O)N3CCOCC3)C2)(c2ccccc2)CC1. The molecule has 0 bridgehead atoms. The largest absolute Gasteiger partial charge is 0.379 e. The zero-order chi connectivity index (χ0) is 22.1. The summed E-state index contributed by atoms with van der Waals surface area (Å²) in [5.74, 6) is -0.174. The van der Waals surface area contributed by atoms with Gasteiger partial charge in [-0.15, -0.1) is 0 Å². The molecule has 0 radical (unpaired) electrons. The predicted octanol–water partition coefficient (Wildman–Crippen LogP) is 0.606. The molecule has 168 valence electrons. The first-order valence-electron chi connectivity index (χ1n) is 10.7. The molecule has 3 aliphatic heterocycles. The molecule has 1 aromatic rings. The normalized spacial score (nSPS) is 22.6. The summed E-state index contributed by atoms with van der Waals surface area (Å²) in [5.41, 5.74) is 0.178. The Bertz CT molecular complexity index is 929. The van der Waals surface area contributed by atoms with Gasteiger partial charge in [-0.2, -0.15) is 4.31 Å². The van der Waals surface area contributed by atoms with Crippen molar-refractivity contribution < 1.29 is 22.7 Å². The Morgan fingerprint density at radius 2 is 1.61 bits per heavy atom. The van der Waals surface area contributed by atoms with E-state index in [1.165, 1.54) is 10.4 Å². The van der Waals surface area contributed by atoms with Gasteiger partial charge in [0.2, 0.25) is 21.8 Å². The lowest BCUT2D eigenvalue weighted by Gasteiger charge is -2.48. The number of carbonyl (C=O) groups excluding carboxylic acids is 2. The molecule has 3 saturated heterocycles. The van der Waals surface area contributed by atoms with Crippen LogP contribution in [-0.4, -0.2) is 92.1 Å². The number of ether oxygens (including phenoxy) is 1. The van der Waals surface area contributed by atoms with Gasteiger partial charge in [-0.25, -0.2) is 8.42 Å². The molecule has 0 unspecified atom stereocenters. The molecule has 0 spiro atoms. The molecule has 0 aromatic heterocycles. The first-order valence-corrected chi connectivity index (χ1v) is 12.2.